The number of fused-ring (bicyclic) bond motifs is 1. The third kappa shape index (κ3) is 2.82. The summed E-state index contributed by atoms with van der Waals surface area (Å²) in [5, 5.41) is 5.91. The Labute approximate surface area is 151 Å². The zero-order chi connectivity index (χ0) is 17.9. The van der Waals surface area contributed by atoms with Gasteiger partial charge in [0.15, 0.2) is 23.1 Å². The number of hydrazine groups is 1. The summed E-state index contributed by atoms with van der Waals surface area (Å²) in [6, 6.07) is 15.5. The first-order valence-corrected chi connectivity index (χ1v) is 8.16. The van der Waals surface area contributed by atoms with E-state index in [1.165, 1.54) is 0 Å². The van der Waals surface area contributed by atoms with Crippen molar-refractivity contribution < 1.29 is 9.47 Å². The van der Waals surface area contributed by atoms with Gasteiger partial charge in [-0.05, 0) is 36.4 Å². The molecule has 0 N–H and O–H groups in total. The van der Waals surface area contributed by atoms with Crippen LogP contribution in [-0.2, 0) is 0 Å². The Hall–Kier alpha value is -3.54. The smallest absolute Gasteiger partial charge is 0.161 e. The molecule has 6 heteroatoms. The molecule has 0 saturated heterocycles. The van der Waals surface area contributed by atoms with E-state index in [4.69, 9.17) is 9.47 Å². The molecule has 0 spiro atoms. The zero-order valence-electron chi connectivity index (χ0n) is 14.5. The van der Waals surface area contributed by atoms with Gasteiger partial charge in [0, 0.05) is 35.2 Å². The van der Waals surface area contributed by atoms with Gasteiger partial charge >= 0.3 is 0 Å². The molecule has 0 amide bonds. The van der Waals surface area contributed by atoms with E-state index in [2.05, 4.69) is 9.97 Å². The number of methoxy groups -OCH3 is 2. The highest BCUT2D eigenvalue weighted by atomic mass is 16.5. The Morgan fingerprint density at radius 2 is 1.15 bits per heavy atom. The quantitative estimate of drug-likeness (QED) is 0.719. The molecule has 3 heterocycles. The van der Waals surface area contributed by atoms with E-state index in [0.29, 0.717) is 11.5 Å². The average Bonchev–Trinajstić information content (AvgIpc) is 2.73. The molecule has 130 valence electrons. The molecule has 0 atom stereocenters. The number of hydrogen-bond acceptors (Lipinski definition) is 6. The van der Waals surface area contributed by atoms with E-state index in [0.717, 1.165) is 22.1 Å². The summed E-state index contributed by atoms with van der Waals surface area (Å²) in [6.45, 7) is 0. The summed E-state index contributed by atoms with van der Waals surface area (Å²) >= 11 is 0. The fourth-order valence-electron chi connectivity index (χ4n) is 2.85. The van der Waals surface area contributed by atoms with E-state index < -0.39 is 0 Å². The highest BCUT2D eigenvalue weighted by molar-refractivity contribution is 5.72. The molecule has 0 radical (unpaired) electrons. The van der Waals surface area contributed by atoms with Gasteiger partial charge in [-0.25, -0.2) is 20.0 Å². The Bertz CT molecular complexity index is 938. The largest absolute Gasteiger partial charge is 0.493 e. The lowest BCUT2D eigenvalue weighted by atomic mass is 10.2. The predicted molar refractivity (Wildman–Crippen MR) is 101 cm³/mol. The molecular weight excluding hydrogens is 328 g/mol. The summed E-state index contributed by atoms with van der Waals surface area (Å²) in [4.78, 5) is 8.95. The molecule has 1 aliphatic heterocycles. The van der Waals surface area contributed by atoms with Crippen molar-refractivity contribution in [1.82, 2.24) is 9.97 Å². The lowest BCUT2D eigenvalue weighted by Gasteiger charge is -2.33. The number of ether oxygens (including phenoxy) is 2. The van der Waals surface area contributed by atoms with Crippen LogP contribution in [-0.4, -0.2) is 24.2 Å². The lowest BCUT2D eigenvalue weighted by molar-refractivity contribution is 0.354. The van der Waals surface area contributed by atoms with Crippen LogP contribution in [0.25, 0.3) is 12.4 Å². The molecule has 0 aliphatic carbocycles. The Kier molecular flexibility index (Phi) is 4.15. The molecular formula is C20H18N4O2. The molecule has 0 unspecified atom stereocenters. The molecule has 1 aliphatic rings. The Balaban J connectivity index is 1.94. The van der Waals surface area contributed by atoms with Crippen LogP contribution in [0.5, 0.6) is 11.5 Å². The summed E-state index contributed by atoms with van der Waals surface area (Å²) in [5.74, 6) is 2.94. The van der Waals surface area contributed by atoms with Gasteiger partial charge in [-0.1, -0.05) is 12.1 Å². The Morgan fingerprint density at radius 3 is 1.50 bits per heavy atom. The molecule has 0 saturated carbocycles. The summed E-state index contributed by atoms with van der Waals surface area (Å²) in [5.41, 5.74) is 0. The monoisotopic (exact) mass is 346 g/mol. The van der Waals surface area contributed by atoms with Crippen LogP contribution in [0.3, 0.4) is 0 Å². The van der Waals surface area contributed by atoms with Gasteiger partial charge in [0.25, 0.3) is 0 Å². The SMILES string of the molecule is COc1cc2c(cc1OC)=CN(c1ccccn1)N(c1ccccn1)C=2. The first-order valence-electron chi connectivity index (χ1n) is 8.16. The maximum Gasteiger partial charge on any atom is 0.161 e. The van der Waals surface area contributed by atoms with Crippen molar-refractivity contribution >= 4 is 24.0 Å². The molecule has 1 aromatic carbocycles. The van der Waals surface area contributed by atoms with Crippen molar-refractivity contribution in [3.63, 3.8) is 0 Å². The first kappa shape index (κ1) is 16.0. The predicted octanol–water partition coefficient (Wildman–Crippen LogP) is 1.91. The van der Waals surface area contributed by atoms with Gasteiger partial charge in [0.1, 0.15) is 0 Å². The summed E-state index contributed by atoms with van der Waals surface area (Å²) in [6.07, 6.45) is 7.55. The van der Waals surface area contributed by atoms with Crippen LogP contribution in [0.1, 0.15) is 0 Å². The van der Waals surface area contributed by atoms with Gasteiger partial charge in [-0.3, -0.25) is 0 Å². The highest BCUT2D eigenvalue weighted by Gasteiger charge is 2.19. The number of anilines is 2. The van der Waals surface area contributed by atoms with Gasteiger partial charge in [0.05, 0.1) is 14.2 Å². The van der Waals surface area contributed by atoms with Crippen molar-refractivity contribution in [3.05, 3.63) is 71.4 Å². The van der Waals surface area contributed by atoms with Crippen molar-refractivity contribution in [3.8, 4) is 11.5 Å². The van der Waals surface area contributed by atoms with Crippen LogP contribution >= 0.6 is 0 Å². The van der Waals surface area contributed by atoms with Gasteiger partial charge in [-0.15, -0.1) is 0 Å². The van der Waals surface area contributed by atoms with E-state index in [-0.39, 0.29) is 0 Å². The molecule has 6 nitrogen and oxygen atoms in total. The second-order valence-electron chi connectivity index (χ2n) is 5.66. The highest BCUT2D eigenvalue weighted by Crippen LogP contribution is 2.25. The second kappa shape index (κ2) is 6.76. The third-order valence-corrected chi connectivity index (χ3v) is 4.11. The number of benzene rings is 1. The van der Waals surface area contributed by atoms with Crippen LogP contribution in [0, 0.1) is 0 Å². The van der Waals surface area contributed by atoms with Gasteiger partial charge in [0.2, 0.25) is 0 Å². The van der Waals surface area contributed by atoms with Crippen LogP contribution in [0.15, 0.2) is 60.9 Å². The molecule has 3 aromatic rings. The maximum absolute atomic E-state index is 5.44. The van der Waals surface area contributed by atoms with E-state index in [1.54, 1.807) is 26.6 Å². The topological polar surface area (TPSA) is 50.7 Å². The fraction of sp³-hybridized carbons (Fsp3) is 0.100. The van der Waals surface area contributed by atoms with Crippen molar-refractivity contribution in [2.24, 2.45) is 0 Å². The standard InChI is InChI=1S/C20H18N4O2/c1-25-17-11-15-13-23(19-7-3-5-9-21-19)24(20-8-4-6-10-22-20)14-16(15)12-18(17)26-2/h3-14H,1-2H3. The van der Waals surface area contributed by atoms with Crippen molar-refractivity contribution in [2.75, 3.05) is 24.2 Å². The summed E-state index contributed by atoms with van der Waals surface area (Å²) < 4.78 is 10.9. The number of nitrogens with zero attached hydrogens (tertiary/aromatic N) is 4. The van der Waals surface area contributed by atoms with E-state index >= 15 is 0 Å². The van der Waals surface area contributed by atoms with Crippen molar-refractivity contribution in [2.45, 2.75) is 0 Å². The first-order chi connectivity index (χ1) is 12.8. The minimum atomic E-state index is 0.683. The third-order valence-electron chi connectivity index (χ3n) is 4.11. The van der Waals surface area contributed by atoms with Crippen molar-refractivity contribution in [1.29, 1.82) is 0 Å². The molecule has 0 bridgehead atoms. The zero-order valence-corrected chi connectivity index (χ0v) is 14.5. The molecule has 26 heavy (non-hydrogen) atoms. The van der Waals surface area contributed by atoms with Crippen LogP contribution < -0.4 is 29.9 Å². The van der Waals surface area contributed by atoms with E-state index in [9.17, 15) is 0 Å². The number of pyridine rings is 2. The van der Waals surface area contributed by atoms with E-state index in [1.807, 2.05) is 70.9 Å². The molecule has 4 rings (SSSR count). The summed E-state index contributed by atoms with van der Waals surface area (Å²) in [7, 11) is 3.26. The van der Waals surface area contributed by atoms with Crippen LogP contribution in [0.2, 0.25) is 0 Å². The van der Waals surface area contributed by atoms with Crippen LogP contribution in [0.4, 0.5) is 11.6 Å². The normalized spacial score (nSPS) is 12.7. The van der Waals surface area contributed by atoms with Gasteiger partial charge in [-0.2, -0.15) is 0 Å². The minimum Gasteiger partial charge on any atom is -0.493 e. The lowest BCUT2D eigenvalue weighted by Crippen LogP contribution is -2.46. The van der Waals surface area contributed by atoms with Gasteiger partial charge < -0.3 is 9.47 Å². The fourth-order valence-corrected chi connectivity index (χ4v) is 2.85. The average molecular weight is 346 g/mol. The maximum atomic E-state index is 5.44. The molecule has 0 fully saturated rings. The number of rotatable bonds is 4. The second-order valence-corrected chi connectivity index (χ2v) is 5.66. The minimum absolute atomic E-state index is 0.683. The number of aromatic nitrogens is 2. The molecule has 2 aromatic heterocycles. The number of hydrogen-bond donors (Lipinski definition) is 0. The Morgan fingerprint density at radius 1 is 0.692 bits per heavy atom.